The number of amides is 1. The Balaban J connectivity index is 3.19. The van der Waals surface area contributed by atoms with Gasteiger partial charge in [-0.25, -0.2) is 4.79 Å². The Labute approximate surface area is 92.6 Å². The third-order valence-corrected chi connectivity index (χ3v) is 1.31. The highest BCUT2D eigenvalue weighted by molar-refractivity contribution is 5.85. The number of ether oxygens (including phenoxy) is 1. The number of Topliss-reactive ketones (excluding diaryl/α,β-unsaturated/α-hetero) is 1. The van der Waals surface area contributed by atoms with Gasteiger partial charge in [-0.2, -0.15) is 0 Å². The first-order valence-corrected chi connectivity index (χ1v) is 4.18. The molecule has 0 atom stereocenters. The van der Waals surface area contributed by atoms with Gasteiger partial charge in [0.05, 0.1) is 6.54 Å². The first kappa shape index (κ1) is 5.14. The lowest BCUT2D eigenvalue weighted by Gasteiger charge is -2.29. The Hall–Kier alpha value is -1.06. The molecule has 1 aliphatic rings. The summed E-state index contributed by atoms with van der Waals surface area (Å²) in [6.07, 6.45) is -7.41. The zero-order valence-electron chi connectivity index (χ0n) is 14.4. The highest BCUT2D eigenvalue weighted by Crippen LogP contribution is 2.13. The average Bonchev–Trinajstić information content (AvgIpc) is 2.20. The second-order valence-electron chi connectivity index (χ2n) is 3.85. The predicted molar refractivity (Wildman–Crippen MR) is 52.0 cm³/mol. The fourth-order valence-electron chi connectivity index (χ4n) is 0.815. The molecule has 0 bridgehead atoms. The maximum atomic E-state index is 11.9. The Kier molecular flexibility index (Phi) is 1.46. The van der Waals surface area contributed by atoms with Crippen LogP contribution in [0.1, 0.15) is 41.7 Å². The first-order chi connectivity index (χ1) is 8.64. The summed E-state index contributed by atoms with van der Waals surface area (Å²) in [7, 11) is 0. The fourth-order valence-corrected chi connectivity index (χ4v) is 0.815. The predicted octanol–water partition coefficient (Wildman–Crippen LogP) is 1.59. The van der Waals surface area contributed by atoms with E-state index in [0.717, 1.165) is 0 Å². The molecule has 4 nitrogen and oxygen atoms in total. The van der Waals surface area contributed by atoms with Crippen molar-refractivity contribution in [3.63, 3.8) is 0 Å². The van der Waals surface area contributed by atoms with E-state index < -0.39 is 43.3 Å². The standard InChI is InChI=1S/C10H17NO3/c1-10(2,3)14-9(13)11-6-4-5-8(12)7-11/h4-7H2,1-3H3/i4D2,5D2,6D2. The Morgan fingerprint density at radius 2 is 2.21 bits per heavy atom. The molecule has 1 amide bonds. The number of piperidine rings is 1. The molecular weight excluding hydrogens is 182 g/mol. The van der Waals surface area contributed by atoms with Gasteiger partial charge >= 0.3 is 6.09 Å². The molecule has 80 valence electrons. The van der Waals surface area contributed by atoms with E-state index >= 15 is 0 Å². The Morgan fingerprint density at radius 1 is 1.57 bits per heavy atom. The molecule has 1 saturated heterocycles. The number of rotatable bonds is 0. The number of carbonyl (C=O) groups is 2. The van der Waals surface area contributed by atoms with Crippen molar-refractivity contribution in [1.82, 2.24) is 4.90 Å². The minimum absolute atomic E-state index is 0.294. The van der Waals surface area contributed by atoms with Gasteiger partial charge in [-0.3, -0.25) is 4.79 Å². The summed E-state index contributed by atoms with van der Waals surface area (Å²) in [5.74, 6) is -1.21. The minimum Gasteiger partial charge on any atom is -0.444 e. The number of likely N-dealkylation sites (tertiary alicyclic amines) is 1. The van der Waals surface area contributed by atoms with Crippen LogP contribution in [0, 0.1) is 0 Å². The lowest BCUT2D eigenvalue weighted by molar-refractivity contribution is -0.122. The summed E-state index contributed by atoms with van der Waals surface area (Å²) < 4.78 is 50.3. The molecular formula is C10H17NO3. The summed E-state index contributed by atoms with van der Waals surface area (Å²) in [5.41, 5.74) is -0.945. The second-order valence-corrected chi connectivity index (χ2v) is 3.85. The molecule has 0 aromatic rings. The van der Waals surface area contributed by atoms with Crippen LogP contribution >= 0.6 is 0 Å². The van der Waals surface area contributed by atoms with Gasteiger partial charge in [0, 0.05) is 21.1 Å². The molecule has 1 rings (SSSR count). The molecule has 14 heavy (non-hydrogen) atoms. The summed E-state index contributed by atoms with van der Waals surface area (Å²) >= 11 is 0. The molecule has 1 fully saturated rings. The van der Waals surface area contributed by atoms with Gasteiger partial charge in [-0.1, -0.05) is 0 Å². The van der Waals surface area contributed by atoms with Gasteiger partial charge in [0.25, 0.3) is 0 Å². The lowest BCUT2D eigenvalue weighted by Crippen LogP contribution is -2.43. The number of nitrogens with zero attached hydrogens (tertiary/aromatic N) is 1. The Bertz CT molecular complexity index is 443. The van der Waals surface area contributed by atoms with E-state index in [2.05, 4.69) is 0 Å². The van der Waals surface area contributed by atoms with Crippen molar-refractivity contribution in [2.24, 2.45) is 0 Å². The minimum atomic E-state index is -3.19. The summed E-state index contributed by atoms with van der Waals surface area (Å²) in [6, 6.07) is 0. The summed E-state index contributed by atoms with van der Waals surface area (Å²) in [4.78, 5) is 23.9. The second kappa shape index (κ2) is 3.98. The van der Waals surface area contributed by atoms with Gasteiger partial charge in [0.2, 0.25) is 0 Å². The third kappa shape index (κ3) is 3.36. The van der Waals surface area contributed by atoms with Crippen LogP contribution in [-0.4, -0.2) is 35.4 Å². The van der Waals surface area contributed by atoms with Crippen molar-refractivity contribution in [3.05, 3.63) is 0 Å². The van der Waals surface area contributed by atoms with Crippen LogP contribution in [0.5, 0.6) is 0 Å². The Morgan fingerprint density at radius 3 is 2.79 bits per heavy atom. The molecule has 0 aromatic heterocycles. The number of hydrogen-bond acceptors (Lipinski definition) is 3. The molecule has 1 aliphatic heterocycles. The molecule has 0 spiro atoms. The number of ketones is 1. The summed E-state index contributed by atoms with van der Waals surface area (Å²) in [6.45, 7) is 0.738. The van der Waals surface area contributed by atoms with E-state index in [9.17, 15) is 9.59 Å². The SMILES string of the molecule is [2H]C1([2H])C(=O)CN(C(=O)OC(C)(C)C)C([2H])([2H])C1([2H])[2H]. The van der Waals surface area contributed by atoms with Crippen molar-refractivity contribution < 1.29 is 22.6 Å². The van der Waals surface area contributed by atoms with Gasteiger partial charge in [0.1, 0.15) is 5.60 Å². The van der Waals surface area contributed by atoms with Crippen LogP contribution in [0.15, 0.2) is 0 Å². The van der Waals surface area contributed by atoms with E-state index in [1.54, 1.807) is 20.8 Å². The monoisotopic (exact) mass is 205 g/mol. The quantitative estimate of drug-likeness (QED) is 0.603. The first-order valence-electron chi connectivity index (χ1n) is 7.18. The van der Waals surface area contributed by atoms with Gasteiger partial charge in [0.15, 0.2) is 5.78 Å². The van der Waals surface area contributed by atoms with E-state index in [1.807, 2.05) is 0 Å². The third-order valence-electron chi connectivity index (χ3n) is 1.31. The maximum absolute atomic E-state index is 11.9. The van der Waals surface area contributed by atoms with Gasteiger partial charge < -0.3 is 9.64 Å². The van der Waals surface area contributed by atoms with Crippen LogP contribution in [0.3, 0.4) is 0 Å². The van der Waals surface area contributed by atoms with Gasteiger partial charge in [-0.05, 0) is 27.1 Å². The van der Waals surface area contributed by atoms with Crippen LogP contribution in [0.2, 0.25) is 0 Å². The van der Waals surface area contributed by atoms with Crippen LogP contribution in [0.4, 0.5) is 4.79 Å². The molecule has 0 radical (unpaired) electrons. The van der Waals surface area contributed by atoms with E-state index in [4.69, 9.17) is 13.0 Å². The normalized spacial score (nSPS) is 35.4. The summed E-state index contributed by atoms with van der Waals surface area (Å²) in [5, 5.41) is 0. The maximum Gasteiger partial charge on any atom is 0.410 e. The van der Waals surface area contributed by atoms with Crippen molar-refractivity contribution in [1.29, 1.82) is 0 Å². The topological polar surface area (TPSA) is 46.6 Å². The molecule has 0 unspecified atom stereocenters. The highest BCUT2D eigenvalue weighted by atomic mass is 16.6. The van der Waals surface area contributed by atoms with Crippen molar-refractivity contribution in [3.8, 4) is 0 Å². The van der Waals surface area contributed by atoms with E-state index in [1.165, 1.54) is 0 Å². The van der Waals surface area contributed by atoms with Crippen LogP contribution in [-0.2, 0) is 9.53 Å². The molecule has 0 N–H and O–H groups in total. The number of carbonyl (C=O) groups excluding carboxylic acids is 2. The van der Waals surface area contributed by atoms with Crippen LogP contribution < -0.4 is 0 Å². The molecule has 4 heteroatoms. The zero-order valence-corrected chi connectivity index (χ0v) is 8.38. The van der Waals surface area contributed by atoms with Crippen molar-refractivity contribution in [2.45, 2.75) is 39.1 Å². The highest BCUT2D eigenvalue weighted by Gasteiger charge is 2.25. The van der Waals surface area contributed by atoms with E-state index in [-0.39, 0.29) is 0 Å². The average molecular weight is 205 g/mol. The van der Waals surface area contributed by atoms with Crippen molar-refractivity contribution in [2.75, 3.05) is 13.0 Å². The molecule has 1 heterocycles. The zero-order chi connectivity index (χ0) is 16.1. The molecule has 0 aromatic carbocycles. The lowest BCUT2D eigenvalue weighted by atomic mass is 10.1. The smallest absolute Gasteiger partial charge is 0.410 e. The van der Waals surface area contributed by atoms with Crippen LogP contribution in [0.25, 0.3) is 0 Å². The largest absolute Gasteiger partial charge is 0.444 e. The number of hydrogen-bond donors (Lipinski definition) is 0. The van der Waals surface area contributed by atoms with Gasteiger partial charge in [-0.15, -0.1) is 0 Å². The molecule has 0 aliphatic carbocycles. The fraction of sp³-hybridized carbons (Fsp3) is 0.800. The molecule has 0 saturated carbocycles. The van der Waals surface area contributed by atoms with E-state index in [0.29, 0.717) is 4.90 Å². The van der Waals surface area contributed by atoms with Crippen molar-refractivity contribution >= 4 is 11.9 Å².